The van der Waals surface area contributed by atoms with E-state index < -0.39 is 0 Å². The molecular formula is C22H21ClFN5O. The summed E-state index contributed by atoms with van der Waals surface area (Å²) in [6.45, 7) is 5.04. The third kappa shape index (κ3) is 4.36. The second-order valence-electron chi connectivity index (χ2n) is 6.97. The molecule has 0 spiro atoms. The maximum Gasteiger partial charge on any atom is 0.254 e. The first kappa shape index (κ1) is 20.1. The molecule has 2 aromatic heterocycles. The quantitative estimate of drug-likeness (QED) is 0.438. The van der Waals surface area contributed by atoms with Gasteiger partial charge in [-0.1, -0.05) is 29.8 Å². The van der Waals surface area contributed by atoms with Crippen LogP contribution in [0.4, 0.5) is 10.2 Å². The zero-order valence-electron chi connectivity index (χ0n) is 16.7. The molecule has 0 aliphatic carbocycles. The number of aromatic nitrogens is 4. The topological polar surface area (TPSA) is 64.3 Å². The predicted molar refractivity (Wildman–Crippen MR) is 115 cm³/mol. The first-order valence-electron chi connectivity index (χ1n) is 9.58. The van der Waals surface area contributed by atoms with Gasteiger partial charge in [0.05, 0.1) is 6.54 Å². The van der Waals surface area contributed by atoms with Gasteiger partial charge in [-0.05, 0) is 55.7 Å². The van der Waals surface area contributed by atoms with Crippen molar-refractivity contribution >= 4 is 23.2 Å². The van der Waals surface area contributed by atoms with Crippen molar-refractivity contribution in [1.82, 2.24) is 19.6 Å². The Kier molecular flexibility index (Phi) is 5.81. The molecular weight excluding hydrogens is 405 g/mol. The van der Waals surface area contributed by atoms with Crippen LogP contribution in [0.1, 0.15) is 22.4 Å². The maximum absolute atomic E-state index is 13.2. The Bertz CT molecular complexity index is 1180. The van der Waals surface area contributed by atoms with Crippen molar-refractivity contribution in [1.29, 1.82) is 0 Å². The van der Waals surface area contributed by atoms with E-state index in [0.29, 0.717) is 30.4 Å². The van der Waals surface area contributed by atoms with E-state index >= 15 is 0 Å². The fraction of sp³-hybridized carbons (Fsp3) is 0.227. The molecule has 1 N–H and O–H groups in total. The molecule has 0 unspecified atom stereocenters. The molecule has 4 aromatic rings. The van der Waals surface area contributed by atoms with Gasteiger partial charge in [-0.25, -0.2) is 9.37 Å². The normalized spacial score (nSPS) is 11.1. The lowest BCUT2D eigenvalue weighted by Gasteiger charge is -2.13. The Labute approximate surface area is 178 Å². The third-order valence-electron chi connectivity index (χ3n) is 4.90. The number of anilines is 1. The number of nitrogens with one attached hydrogen (secondary N) is 1. The van der Waals surface area contributed by atoms with Crippen molar-refractivity contribution in [2.75, 3.05) is 18.5 Å². The molecule has 0 fully saturated rings. The maximum atomic E-state index is 13.2. The smallest absolute Gasteiger partial charge is 0.254 e. The van der Waals surface area contributed by atoms with Crippen LogP contribution < -0.4 is 10.1 Å². The monoisotopic (exact) mass is 425 g/mol. The second kappa shape index (κ2) is 8.67. The van der Waals surface area contributed by atoms with Crippen LogP contribution in [0.15, 0.2) is 48.8 Å². The number of aryl methyl sites for hydroxylation is 1. The van der Waals surface area contributed by atoms with Gasteiger partial charge in [-0.3, -0.25) is 0 Å². The molecule has 0 amide bonds. The summed E-state index contributed by atoms with van der Waals surface area (Å²) in [6, 6.07) is 12.3. The standard InChI is InChI=1S/C22H21ClFN5O/c1-14-15(2)28-22-26-13-27-29(22)21(14)25-9-10-30-19-7-3-16(4-8-19)11-17-5-6-18(24)12-20(17)23/h3-8,12-13,25H,9-11H2,1-2H3. The summed E-state index contributed by atoms with van der Waals surface area (Å²) in [4.78, 5) is 8.56. The predicted octanol–water partition coefficient (Wildman–Crippen LogP) is 4.62. The highest BCUT2D eigenvalue weighted by atomic mass is 35.5. The average Bonchev–Trinajstić information content (AvgIpc) is 3.19. The minimum atomic E-state index is -0.331. The highest BCUT2D eigenvalue weighted by molar-refractivity contribution is 6.31. The van der Waals surface area contributed by atoms with Crippen molar-refractivity contribution < 1.29 is 9.13 Å². The molecule has 0 aliphatic rings. The van der Waals surface area contributed by atoms with Gasteiger partial charge in [0.1, 0.15) is 30.3 Å². The highest BCUT2D eigenvalue weighted by Gasteiger charge is 2.10. The summed E-state index contributed by atoms with van der Waals surface area (Å²) >= 11 is 6.11. The molecule has 8 heteroatoms. The van der Waals surface area contributed by atoms with Crippen LogP contribution in [0.25, 0.3) is 5.78 Å². The second-order valence-corrected chi connectivity index (χ2v) is 7.38. The molecule has 2 heterocycles. The van der Waals surface area contributed by atoms with Crippen LogP contribution in [0, 0.1) is 19.7 Å². The largest absolute Gasteiger partial charge is 0.492 e. The fourth-order valence-corrected chi connectivity index (χ4v) is 3.40. The number of ether oxygens (including phenoxy) is 1. The molecule has 30 heavy (non-hydrogen) atoms. The first-order chi connectivity index (χ1) is 14.5. The van der Waals surface area contributed by atoms with E-state index in [0.717, 1.165) is 34.0 Å². The zero-order valence-corrected chi connectivity index (χ0v) is 17.4. The van der Waals surface area contributed by atoms with Crippen molar-refractivity contribution in [3.05, 3.63) is 82.0 Å². The van der Waals surface area contributed by atoms with Gasteiger partial charge in [0.25, 0.3) is 5.78 Å². The number of nitrogens with zero attached hydrogens (tertiary/aromatic N) is 4. The number of hydrogen-bond donors (Lipinski definition) is 1. The molecule has 0 saturated heterocycles. The summed E-state index contributed by atoms with van der Waals surface area (Å²) < 4.78 is 20.7. The lowest BCUT2D eigenvalue weighted by molar-refractivity contribution is 0.332. The molecule has 0 saturated carbocycles. The van der Waals surface area contributed by atoms with Crippen LogP contribution >= 0.6 is 11.6 Å². The summed E-state index contributed by atoms with van der Waals surface area (Å²) in [5, 5.41) is 8.01. The van der Waals surface area contributed by atoms with Crippen LogP contribution in [-0.4, -0.2) is 32.7 Å². The molecule has 0 bridgehead atoms. The van der Waals surface area contributed by atoms with E-state index in [-0.39, 0.29) is 5.82 Å². The molecule has 4 rings (SSSR count). The fourth-order valence-electron chi connectivity index (χ4n) is 3.17. The van der Waals surface area contributed by atoms with E-state index in [2.05, 4.69) is 20.4 Å². The van der Waals surface area contributed by atoms with Gasteiger partial charge >= 0.3 is 0 Å². The number of benzene rings is 2. The SMILES string of the molecule is Cc1nc2ncnn2c(NCCOc2ccc(Cc3ccc(F)cc3Cl)cc2)c1C. The summed E-state index contributed by atoms with van der Waals surface area (Å²) in [5.74, 6) is 1.88. The third-order valence-corrected chi connectivity index (χ3v) is 5.26. The van der Waals surface area contributed by atoms with E-state index in [9.17, 15) is 4.39 Å². The van der Waals surface area contributed by atoms with E-state index in [1.54, 1.807) is 10.6 Å². The number of halogens is 2. The Morgan fingerprint density at radius 3 is 2.70 bits per heavy atom. The summed E-state index contributed by atoms with van der Waals surface area (Å²) in [7, 11) is 0. The Balaban J connectivity index is 1.33. The molecule has 0 aliphatic heterocycles. The lowest BCUT2D eigenvalue weighted by atomic mass is 10.0. The van der Waals surface area contributed by atoms with E-state index in [1.165, 1.54) is 18.5 Å². The minimum absolute atomic E-state index is 0.331. The summed E-state index contributed by atoms with van der Waals surface area (Å²) in [5.41, 5.74) is 3.90. The lowest BCUT2D eigenvalue weighted by Crippen LogP contribution is -2.16. The van der Waals surface area contributed by atoms with Crippen LogP contribution in [-0.2, 0) is 6.42 Å². The zero-order chi connectivity index (χ0) is 21.1. The first-order valence-corrected chi connectivity index (χ1v) is 9.95. The molecule has 2 aromatic carbocycles. The Hall–Kier alpha value is -3.19. The van der Waals surface area contributed by atoms with Crippen LogP contribution in [0.2, 0.25) is 5.02 Å². The van der Waals surface area contributed by atoms with Crippen molar-refractivity contribution in [3.63, 3.8) is 0 Å². The number of rotatable bonds is 7. The van der Waals surface area contributed by atoms with E-state index in [4.69, 9.17) is 16.3 Å². The Morgan fingerprint density at radius 1 is 1.13 bits per heavy atom. The number of fused-ring (bicyclic) bond motifs is 1. The molecule has 0 atom stereocenters. The molecule has 6 nitrogen and oxygen atoms in total. The van der Waals surface area contributed by atoms with Gasteiger partial charge < -0.3 is 10.1 Å². The van der Waals surface area contributed by atoms with Crippen LogP contribution in [0.3, 0.4) is 0 Å². The highest BCUT2D eigenvalue weighted by Crippen LogP contribution is 2.22. The van der Waals surface area contributed by atoms with Crippen molar-refractivity contribution in [3.8, 4) is 5.75 Å². The van der Waals surface area contributed by atoms with Crippen molar-refractivity contribution in [2.24, 2.45) is 0 Å². The minimum Gasteiger partial charge on any atom is -0.492 e. The van der Waals surface area contributed by atoms with Crippen LogP contribution in [0.5, 0.6) is 5.75 Å². The van der Waals surface area contributed by atoms with E-state index in [1.807, 2.05) is 38.1 Å². The van der Waals surface area contributed by atoms with Crippen molar-refractivity contribution in [2.45, 2.75) is 20.3 Å². The van der Waals surface area contributed by atoms with Gasteiger partial charge in [0.15, 0.2) is 0 Å². The van der Waals surface area contributed by atoms with Gasteiger partial charge in [0, 0.05) is 16.3 Å². The molecule has 0 radical (unpaired) electrons. The Morgan fingerprint density at radius 2 is 1.93 bits per heavy atom. The summed E-state index contributed by atoms with van der Waals surface area (Å²) in [6.07, 6.45) is 2.12. The van der Waals surface area contributed by atoms with Gasteiger partial charge in [-0.2, -0.15) is 14.6 Å². The van der Waals surface area contributed by atoms with Gasteiger partial charge in [0.2, 0.25) is 0 Å². The average molecular weight is 426 g/mol. The van der Waals surface area contributed by atoms with Gasteiger partial charge in [-0.15, -0.1) is 0 Å². The molecule has 154 valence electrons. The number of hydrogen-bond acceptors (Lipinski definition) is 5.